The van der Waals surface area contributed by atoms with Crippen LogP contribution in [0.25, 0.3) is 11.1 Å². The van der Waals surface area contributed by atoms with E-state index < -0.39 is 6.04 Å². The number of rotatable bonds is 5. The lowest BCUT2D eigenvalue weighted by Gasteiger charge is -2.52. The van der Waals surface area contributed by atoms with Gasteiger partial charge in [-0.2, -0.15) is 5.26 Å². The maximum atomic E-state index is 13.1. The number of nitriles is 1. The van der Waals surface area contributed by atoms with E-state index in [-0.39, 0.29) is 36.3 Å². The van der Waals surface area contributed by atoms with Crippen LogP contribution in [-0.2, 0) is 4.79 Å². The molecule has 2 aromatic rings. The van der Waals surface area contributed by atoms with E-state index in [4.69, 9.17) is 0 Å². The van der Waals surface area contributed by atoms with E-state index in [1.807, 2.05) is 42.5 Å². The molecule has 3 atom stereocenters. The van der Waals surface area contributed by atoms with Crippen molar-refractivity contribution in [2.75, 3.05) is 20.7 Å². The number of amides is 2. The highest BCUT2D eigenvalue weighted by Crippen LogP contribution is 2.43. The van der Waals surface area contributed by atoms with Gasteiger partial charge in [0.15, 0.2) is 0 Å². The molecule has 1 aliphatic heterocycles. The predicted molar refractivity (Wildman–Crippen MR) is 126 cm³/mol. The topological polar surface area (TPSA) is 84.6 Å². The zero-order valence-corrected chi connectivity index (χ0v) is 19.3. The van der Waals surface area contributed by atoms with E-state index in [1.165, 1.54) is 0 Å². The van der Waals surface area contributed by atoms with Crippen LogP contribution in [0.5, 0.6) is 0 Å². The molecule has 2 fully saturated rings. The molecule has 1 saturated heterocycles. The third-order valence-electron chi connectivity index (χ3n) is 7.08. The summed E-state index contributed by atoms with van der Waals surface area (Å²) < 4.78 is 0. The second-order valence-corrected chi connectivity index (χ2v) is 9.33. The van der Waals surface area contributed by atoms with E-state index in [9.17, 15) is 20.0 Å². The monoisotopic (exact) mass is 445 g/mol. The summed E-state index contributed by atoms with van der Waals surface area (Å²) in [4.78, 5) is 28.6. The zero-order valence-electron chi connectivity index (χ0n) is 19.3. The van der Waals surface area contributed by atoms with Crippen LogP contribution >= 0.6 is 0 Å². The third-order valence-corrected chi connectivity index (χ3v) is 7.08. The first-order chi connectivity index (χ1) is 16.0. The van der Waals surface area contributed by atoms with Gasteiger partial charge in [0.1, 0.15) is 6.04 Å². The van der Waals surface area contributed by atoms with Crippen molar-refractivity contribution in [2.24, 2.45) is 5.92 Å². The average molecular weight is 446 g/mol. The van der Waals surface area contributed by atoms with Crippen LogP contribution in [0.1, 0.15) is 53.9 Å². The highest BCUT2D eigenvalue weighted by molar-refractivity contribution is 5.95. The number of nitrogens with zero attached hydrogens (tertiary/aromatic N) is 3. The summed E-state index contributed by atoms with van der Waals surface area (Å²) in [6, 6.07) is 16.8. The molecule has 4 rings (SSSR count). The molecular formula is C27H31N3O3. The lowest BCUT2D eigenvalue weighted by molar-refractivity contribution is -0.152. The van der Waals surface area contributed by atoms with Gasteiger partial charge >= 0.3 is 0 Å². The van der Waals surface area contributed by atoms with Crippen LogP contribution in [0, 0.1) is 17.2 Å². The summed E-state index contributed by atoms with van der Waals surface area (Å²) in [6.45, 7) is -0.155. The quantitative estimate of drug-likeness (QED) is 0.758. The number of aliphatic hydroxyl groups excluding tert-OH is 1. The molecular weight excluding hydrogens is 414 g/mol. The average Bonchev–Trinajstić information content (AvgIpc) is 2.84. The molecule has 2 aromatic carbocycles. The Labute approximate surface area is 195 Å². The number of carbonyl (C=O) groups excluding carboxylic acids is 2. The molecule has 1 heterocycles. The van der Waals surface area contributed by atoms with E-state index in [2.05, 4.69) is 6.07 Å². The fraction of sp³-hybridized carbons (Fsp3) is 0.444. The fourth-order valence-corrected chi connectivity index (χ4v) is 5.26. The largest absolute Gasteiger partial charge is 0.394 e. The van der Waals surface area contributed by atoms with Crippen LogP contribution in [0.2, 0.25) is 0 Å². The van der Waals surface area contributed by atoms with Crippen LogP contribution < -0.4 is 0 Å². The first kappa shape index (κ1) is 23.0. The Kier molecular flexibility index (Phi) is 6.80. The molecule has 1 saturated carbocycles. The van der Waals surface area contributed by atoms with Crippen molar-refractivity contribution in [3.63, 3.8) is 0 Å². The summed E-state index contributed by atoms with van der Waals surface area (Å²) in [5.74, 6) is -0.253. The number of carbonyl (C=O) groups is 2. The molecule has 2 amide bonds. The Bertz CT molecular complexity index is 1050. The fourth-order valence-electron chi connectivity index (χ4n) is 5.26. The van der Waals surface area contributed by atoms with Gasteiger partial charge < -0.3 is 14.9 Å². The van der Waals surface area contributed by atoms with Crippen molar-refractivity contribution >= 4 is 11.8 Å². The van der Waals surface area contributed by atoms with Crippen molar-refractivity contribution in [2.45, 2.75) is 50.1 Å². The van der Waals surface area contributed by atoms with Crippen molar-refractivity contribution < 1.29 is 14.7 Å². The highest BCUT2D eigenvalue weighted by Gasteiger charge is 2.52. The molecule has 2 aliphatic rings. The number of benzene rings is 2. The molecule has 6 heteroatoms. The Morgan fingerprint density at radius 2 is 1.76 bits per heavy atom. The molecule has 6 nitrogen and oxygen atoms in total. The van der Waals surface area contributed by atoms with E-state index in [0.29, 0.717) is 5.56 Å². The zero-order chi connectivity index (χ0) is 23.5. The summed E-state index contributed by atoms with van der Waals surface area (Å²) in [7, 11) is 3.46. The van der Waals surface area contributed by atoms with Gasteiger partial charge in [-0.3, -0.25) is 9.59 Å². The molecule has 0 bridgehead atoms. The first-order valence-corrected chi connectivity index (χ1v) is 11.7. The van der Waals surface area contributed by atoms with E-state index in [1.54, 1.807) is 30.0 Å². The van der Waals surface area contributed by atoms with E-state index in [0.717, 1.165) is 48.8 Å². The van der Waals surface area contributed by atoms with Gasteiger partial charge in [-0.1, -0.05) is 55.7 Å². The number of hydrogen-bond acceptors (Lipinski definition) is 4. The molecule has 33 heavy (non-hydrogen) atoms. The lowest BCUT2D eigenvalue weighted by atomic mass is 9.74. The number of likely N-dealkylation sites (tertiary alicyclic amines) is 1. The highest BCUT2D eigenvalue weighted by atomic mass is 16.3. The normalized spacial score (nSPS) is 22.8. The number of aliphatic hydroxyl groups is 1. The predicted octanol–water partition coefficient (Wildman–Crippen LogP) is 3.81. The minimum atomic E-state index is -0.552. The van der Waals surface area contributed by atoms with Crippen molar-refractivity contribution in [1.82, 2.24) is 9.80 Å². The maximum Gasteiger partial charge on any atom is 0.253 e. The Morgan fingerprint density at radius 1 is 1.06 bits per heavy atom. The molecule has 0 unspecified atom stereocenters. The second kappa shape index (κ2) is 9.76. The van der Waals surface area contributed by atoms with Crippen molar-refractivity contribution in [1.29, 1.82) is 5.26 Å². The molecule has 1 aliphatic carbocycles. The Hall–Kier alpha value is -3.17. The molecule has 0 aromatic heterocycles. The SMILES string of the molecule is CN(C)C(=O)c1cccc(-c2ccc([C@H]3[C@@H](CO)N(C(=O)C4CCCCC4)[C@H]3C#N)cc2)c1. The van der Waals surface area contributed by atoms with Gasteiger partial charge in [0, 0.05) is 31.5 Å². The second-order valence-electron chi connectivity index (χ2n) is 9.33. The molecule has 1 N–H and O–H groups in total. The van der Waals surface area contributed by atoms with Crippen LogP contribution in [-0.4, -0.2) is 59.5 Å². The van der Waals surface area contributed by atoms with E-state index >= 15 is 0 Å². The Balaban J connectivity index is 1.54. The van der Waals surface area contributed by atoms with Crippen LogP contribution in [0.3, 0.4) is 0 Å². The smallest absolute Gasteiger partial charge is 0.253 e. The minimum absolute atomic E-state index is 0.0237. The molecule has 0 spiro atoms. The van der Waals surface area contributed by atoms with Crippen molar-refractivity contribution in [3.8, 4) is 17.2 Å². The first-order valence-electron chi connectivity index (χ1n) is 11.7. The summed E-state index contributed by atoms with van der Waals surface area (Å²) >= 11 is 0. The summed E-state index contributed by atoms with van der Waals surface area (Å²) in [6.07, 6.45) is 5.02. The summed E-state index contributed by atoms with van der Waals surface area (Å²) in [5, 5.41) is 19.9. The van der Waals surface area contributed by atoms with Gasteiger partial charge in [0.2, 0.25) is 5.91 Å². The van der Waals surface area contributed by atoms with Crippen LogP contribution in [0.4, 0.5) is 0 Å². The Morgan fingerprint density at radius 3 is 2.36 bits per heavy atom. The van der Waals surface area contributed by atoms with Crippen LogP contribution in [0.15, 0.2) is 48.5 Å². The van der Waals surface area contributed by atoms with Crippen molar-refractivity contribution in [3.05, 3.63) is 59.7 Å². The van der Waals surface area contributed by atoms with Gasteiger partial charge in [-0.25, -0.2) is 0 Å². The van der Waals surface area contributed by atoms with Gasteiger partial charge in [0.05, 0.1) is 18.7 Å². The number of hydrogen-bond donors (Lipinski definition) is 1. The minimum Gasteiger partial charge on any atom is -0.394 e. The lowest BCUT2D eigenvalue weighted by Crippen LogP contribution is -2.66. The van der Waals surface area contributed by atoms with Gasteiger partial charge in [0.25, 0.3) is 5.91 Å². The standard InChI is InChI=1S/C27H31N3O3/c1-29(2)26(32)22-10-6-9-21(15-22)18-11-13-19(14-12-18)25-23(16-28)30(24(25)17-31)27(33)20-7-4-3-5-8-20/h6,9-15,20,23-25,31H,3-5,7-8,17H2,1-2H3/t23-,24+,25+/m0/s1. The molecule has 0 radical (unpaired) electrons. The maximum absolute atomic E-state index is 13.1. The summed E-state index contributed by atoms with van der Waals surface area (Å²) in [5.41, 5.74) is 3.48. The van der Waals surface area contributed by atoms with Gasteiger partial charge in [-0.15, -0.1) is 0 Å². The molecule has 172 valence electrons. The third kappa shape index (κ3) is 4.38. The van der Waals surface area contributed by atoms with Gasteiger partial charge in [-0.05, 0) is 41.7 Å².